The number of hydrogen-bond donors (Lipinski definition) is 2. The fraction of sp³-hybridized carbons (Fsp3) is 0.556. The average Bonchev–Trinajstić information content (AvgIpc) is 2.45. The van der Waals surface area contributed by atoms with Gasteiger partial charge >= 0.3 is 5.97 Å². The quantitative estimate of drug-likeness (QED) is 0.809. The number of amides is 1. The van der Waals surface area contributed by atoms with Crippen molar-refractivity contribution in [3.05, 3.63) is 35.4 Å². The Balaban J connectivity index is 2.93. The van der Waals surface area contributed by atoms with Crippen LogP contribution in [0.2, 0.25) is 0 Å². The molecule has 0 aromatic heterocycles. The second-order valence-electron chi connectivity index (χ2n) is 6.89. The Morgan fingerprint density at radius 3 is 2.22 bits per heavy atom. The molecule has 1 rings (SSSR count). The Morgan fingerprint density at radius 2 is 1.78 bits per heavy atom. The summed E-state index contributed by atoms with van der Waals surface area (Å²) in [5.41, 5.74) is 1.98. The van der Waals surface area contributed by atoms with Crippen LogP contribution < -0.4 is 5.32 Å². The number of aliphatic carboxylic acids is 1. The summed E-state index contributed by atoms with van der Waals surface area (Å²) in [5, 5.41) is 11.9. The molecule has 0 heterocycles. The zero-order valence-corrected chi connectivity index (χ0v) is 14.6. The molecule has 23 heavy (non-hydrogen) atoms. The number of nitrogens with one attached hydrogen (secondary N) is 1. The van der Waals surface area contributed by atoms with E-state index in [0.717, 1.165) is 11.1 Å². The molecule has 0 saturated heterocycles. The molecule has 0 radical (unpaired) electrons. The first-order chi connectivity index (χ1) is 10.6. The van der Waals surface area contributed by atoms with E-state index < -0.39 is 12.0 Å². The molecule has 5 heteroatoms. The van der Waals surface area contributed by atoms with Crippen LogP contribution in [0.4, 0.5) is 0 Å². The Morgan fingerprint density at radius 1 is 1.22 bits per heavy atom. The van der Waals surface area contributed by atoms with Gasteiger partial charge in [-0.2, -0.15) is 0 Å². The number of carbonyl (C=O) groups is 2. The Labute approximate surface area is 138 Å². The minimum Gasteiger partial charge on any atom is -0.481 e. The molecule has 0 aliphatic carbocycles. The Kier molecular flexibility index (Phi) is 6.76. The van der Waals surface area contributed by atoms with E-state index in [-0.39, 0.29) is 23.7 Å². The van der Waals surface area contributed by atoms with Gasteiger partial charge in [0.15, 0.2) is 0 Å². The molecular weight excluding hydrogens is 294 g/mol. The molecule has 2 unspecified atom stereocenters. The maximum atomic E-state index is 12.1. The van der Waals surface area contributed by atoms with Gasteiger partial charge in [0.2, 0.25) is 5.91 Å². The van der Waals surface area contributed by atoms with E-state index in [1.165, 1.54) is 7.11 Å². The van der Waals surface area contributed by atoms with Gasteiger partial charge in [-0.1, -0.05) is 52.0 Å². The van der Waals surface area contributed by atoms with Crippen LogP contribution in [-0.4, -0.2) is 30.7 Å². The van der Waals surface area contributed by atoms with Gasteiger partial charge in [0.25, 0.3) is 0 Å². The van der Waals surface area contributed by atoms with Gasteiger partial charge in [0.05, 0.1) is 25.0 Å². The molecule has 128 valence electrons. The lowest BCUT2D eigenvalue weighted by molar-refractivity contribution is -0.138. The van der Waals surface area contributed by atoms with Crippen molar-refractivity contribution in [1.29, 1.82) is 0 Å². The summed E-state index contributed by atoms with van der Waals surface area (Å²) < 4.78 is 4.97. The number of rotatable bonds is 7. The fourth-order valence-electron chi connectivity index (χ4n) is 2.28. The normalized spacial score (nSPS) is 14.1. The third-order valence-corrected chi connectivity index (χ3v) is 3.74. The Bertz CT molecular complexity index is 531. The van der Waals surface area contributed by atoms with Crippen LogP contribution in [-0.2, 0) is 19.7 Å². The van der Waals surface area contributed by atoms with Crippen molar-refractivity contribution in [3.8, 4) is 0 Å². The SMILES string of the molecule is COCC(C)C(=O)NC(CC(=O)O)c1ccc(C(C)(C)C)cc1. The Hall–Kier alpha value is -1.88. The third kappa shape index (κ3) is 6.02. The van der Waals surface area contributed by atoms with Gasteiger partial charge in [-0.05, 0) is 16.5 Å². The summed E-state index contributed by atoms with van der Waals surface area (Å²) in [5.74, 6) is -1.49. The van der Waals surface area contributed by atoms with Gasteiger partial charge in [0, 0.05) is 7.11 Å². The number of hydrogen-bond acceptors (Lipinski definition) is 3. The molecule has 5 nitrogen and oxygen atoms in total. The summed E-state index contributed by atoms with van der Waals surface area (Å²) in [6.45, 7) is 8.40. The predicted molar refractivity (Wildman–Crippen MR) is 89.3 cm³/mol. The predicted octanol–water partition coefficient (Wildman–Crippen LogP) is 2.90. The molecular formula is C18H27NO4. The van der Waals surface area contributed by atoms with E-state index in [2.05, 4.69) is 26.1 Å². The van der Waals surface area contributed by atoms with Gasteiger partial charge < -0.3 is 15.2 Å². The van der Waals surface area contributed by atoms with Crippen molar-refractivity contribution in [2.24, 2.45) is 5.92 Å². The number of carbonyl (C=O) groups excluding carboxylic acids is 1. The highest BCUT2D eigenvalue weighted by Gasteiger charge is 2.22. The topological polar surface area (TPSA) is 75.6 Å². The zero-order valence-electron chi connectivity index (χ0n) is 14.6. The van der Waals surface area contributed by atoms with Crippen LogP contribution in [0.5, 0.6) is 0 Å². The second-order valence-corrected chi connectivity index (χ2v) is 6.89. The van der Waals surface area contributed by atoms with E-state index in [4.69, 9.17) is 9.84 Å². The first-order valence-corrected chi connectivity index (χ1v) is 7.76. The standard InChI is InChI=1S/C18H27NO4/c1-12(11-23-5)17(22)19-15(10-16(20)21)13-6-8-14(9-7-13)18(2,3)4/h6-9,12,15H,10-11H2,1-5H3,(H,19,22)(H,20,21). The molecule has 0 fully saturated rings. The minimum atomic E-state index is -0.949. The lowest BCUT2D eigenvalue weighted by atomic mass is 9.86. The van der Waals surface area contributed by atoms with Gasteiger partial charge in [-0.25, -0.2) is 0 Å². The van der Waals surface area contributed by atoms with Crippen LogP contribution in [0.25, 0.3) is 0 Å². The van der Waals surface area contributed by atoms with Gasteiger partial charge in [-0.3, -0.25) is 9.59 Å². The van der Waals surface area contributed by atoms with Crippen molar-refractivity contribution in [2.75, 3.05) is 13.7 Å². The van der Waals surface area contributed by atoms with Crippen molar-refractivity contribution in [2.45, 2.75) is 45.6 Å². The maximum absolute atomic E-state index is 12.1. The van der Waals surface area contributed by atoms with Crippen LogP contribution in [0, 0.1) is 5.92 Å². The van der Waals surface area contributed by atoms with Crippen LogP contribution in [0.3, 0.4) is 0 Å². The molecule has 1 amide bonds. The largest absolute Gasteiger partial charge is 0.481 e. The lowest BCUT2D eigenvalue weighted by Gasteiger charge is -2.22. The summed E-state index contributed by atoms with van der Waals surface area (Å²) >= 11 is 0. The first-order valence-electron chi connectivity index (χ1n) is 7.76. The fourth-order valence-corrected chi connectivity index (χ4v) is 2.28. The second kappa shape index (κ2) is 8.11. The molecule has 2 N–H and O–H groups in total. The van der Waals surface area contributed by atoms with Crippen molar-refractivity contribution in [3.63, 3.8) is 0 Å². The van der Waals surface area contributed by atoms with Crippen LogP contribution in [0.15, 0.2) is 24.3 Å². The van der Waals surface area contributed by atoms with E-state index in [1.807, 2.05) is 24.3 Å². The summed E-state index contributed by atoms with van der Waals surface area (Å²) in [6, 6.07) is 7.18. The molecule has 1 aromatic rings. The van der Waals surface area contributed by atoms with Gasteiger partial charge in [-0.15, -0.1) is 0 Å². The molecule has 2 atom stereocenters. The van der Waals surface area contributed by atoms with E-state index in [9.17, 15) is 9.59 Å². The highest BCUT2D eigenvalue weighted by atomic mass is 16.5. The zero-order chi connectivity index (χ0) is 17.6. The van der Waals surface area contributed by atoms with Crippen molar-refractivity contribution in [1.82, 2.24) is 5.32 Å². The lowest BCUT2D eigenvalue weighted by Crippen LogP contribution is -2.35. The highest BCUT2D eigenvalue weighted by Crippen LogP contribution is 2.25. The molecule has 0 aliphatic rings. The maximum Gasteiger partial charge on any atom is 0.305 e. The van der Waals surface area contributed by atoms with E-state index >= 15 is 0 Å². The van der Waals surface area contributed by atoms with Crippen molar-refractivity contribution < 1.29 is 19.4 Å². The molecule has 0 spiro atoms. The van der Waals surface area contributed by atoms with Gasteiger partial charge in [0.1, 0.15) is 0 Å². The van der Waals surface area contributed by atoms with Crippen LogP contribution in [0.1, 0.15) is 51.3 Å². The van der Waals surface area contributed by atoms with E-state index in [0.29, 0.717) is 6.61 Å². The summed E-state index contributed by atoms with van der Waals surface area (Å²) in [7, 11) is 1.53. The van der Waals surface area contributed by atoms with E-state index in [1.54, 1.807) is 6.92 Å². The van der Waals surface area contributed by atoms with Crippen LogP contribution >= 0.6 is 0 Å². The summed E-state index contributed by atoms with van der Waals surface area (Å²) in [6.07, 6.45) is -0.152. The highest BCUT2D eigenvalue weighted by molar-refractivity contribution is 5.79. The monoisotopic (exact) mass is 321 g/mol. The summed E-state index contributed by atoms with van der Waals surface area (Å²) in [4.78, 5) is 23.3. The molecule has 1 aromatic carbocycles. The number of benzene rings is 1. The molecule has 0 saturated carbocycles. The number of carboxylic acids is 1. The molecule has 0 aliphatic heterocycles. The average molecular weight is 321 g/mol. The smallest absolute Gasteiger partial charge is 0.305 e. The minimum absolute atomic E-state index is 0.0249. The van der Waals surface area contributed by atoms with Crippen molar-refractivity contribution >= 4 is 11.9 Å². The number of ether oxygens (including phenoxy) is 1. The molecule has 0 bridgehead atoms. The number of carboxylic acid groups (broad SMARTS) is 1. The number of methoxy groups -OCH3 is 1. The third-order valence-electron chi connectivity index (χ3n) is 3.74. The first kappa shape index (κ1) is 19.2.